The van der Waals surface area contributed by atoms with E-state index >= 15 is 0 Å². The van der Waals surface area contributed by atoms with Gasteiger partial charge in [0.1, 0.15) is 33.6 Å². The molecule has 1 amide bonds. The summed E-state index contributed by atoms with van der Waals surface area (Å²) in [7, 11) is -1.34. The van der Waals surface area contributed by atoms with Gasteiger partial charge < -0.3 is 24.8 Å². The number of hydrogen-bond donors (Lipinski definition) is 3. The average Bonchev–Trinajstić information content (AvgIpc) is 2.77. The summed E-state index contributed by atoms with van der Waals surface area (Å²) in [4.78, 5) is 12.9. The minimum atomic E-state index is -4.09. The fourth-order valence-electron chi connectivity index (χ4n) is 3.81. The summed E-state index contributed by atoms with van der Waals surface area (Å²) in [6.45, 7) is 7.23. The molecular formula is C24H30FN3O6S2. The Balaban J connectivity index is 1.94. The number of methoxy groups -OCH3 is 2. The van der Waals surface area contributed by atoms with Crippen molar-refractivity contribution in [1.82, 2.24) is 15.4 Å². The topological polar surface area (TPSA) is 115 Å². The second-order valence-corrected chi connectivity index (χ2v) is 11.2. The summed E-state index contributed by atoms with van der Waals surface area (Å²) in [5.41, 5.74) is -0.308. The molecule has 0 aromatic heterocycles. The highest BCUT2D eigenvalue weighted by molar-refractivity contribution is 7.92. The number of benzene rings is 2. The van der Waals surface area contributed by atoms with Crippen LogP contribution in [-0.2, 0) is 16.4 Å². The van der Waals surface area contributed by atoms with Gasteiger partial charge in [0.25, 0.3) is 15.9 Å². The Morgan fingerprint density at radius 2 is 1.83 bits per heavy atom. The van der Waals surface area contributed by atoms with E-state index in [1.54, 1.807) is 13.8 Å². The van der Waals surface area contributed by atoms with Crippen molar-refractivity contribution in [3.05, 3.63) is 47.3 Å². The van der Waals surface area contributed by atoms with Crippen LogP contribution in [0, 0.1) is 5.82 Å². The molecule has 0 spiro atoms. The summed E-state index contributed by atoms with van der Waals surface area (Å²) < 4.78 is 59.0. The standard InChI is InChI=1S/C24H30FN3O6S2/c1-13(2)26-23(35)28-36(30,31)20-9-14-10-21(24(3,4)34-18(14)12-19(20)33-6)27-22(29)16-11-15(25)7-8-17(16)32-5/h7-9,11-13,21H,10H2,1-6H3,(H,27,29)(H2,26,28,35). The lowest BCUT2D eigenvalue weighted by molar-refractivity contribution is 0.0435. The first-order valence-electron chi connectivity index (χ1n) is 11.1. The monoisotopic (exact) mass is 539 g/mol. The summed E-state index contributed by atoms with van der Waals surface area (Å²) in [5, 5.41) is 5.65. The molecule has 0 bridgehead atoms. The maximum Gasteiger partial charge on any atom is 0.267 e. The normalized spacial score (nSPS) is 16.4. The summed E-state index contributed by atoms with van der Waals surface area (Å²) in [6.07, 6.45) is 0.243. The molecule has 1 atom stereocenters. The number of ether oxygens (including phenoxy) is 3. The molecule has 0 aliphatic carbocycles. The Morgan fingerprint density at radius 1 is 1.17 bits per heavy atom. The van der Waals surface area contributed by atoms with Gasteiger partial charge in [0.15, 0.2) is 5.11 Å². The van der Waals surface area contributed by atoms with Gasteiger partial charge in [-0.2, -0.15) is 0 Å². The van der Waals surface area contributed by atoms with Crippen LogP contribution in [0.4, 0.5) is 4.39 Å². The van der Waals surface area contributed by atoms with Crippen LogP contribution in [0.25, 0.3) is 0 Å². The van der Waals surface area contributed by atoms with Crippen molar-refractivity contribution in [1.29, 1.82) is 0 Å². The van der Waals surface area contributed by atoms with E-state index in [4.69, 9.17) is 26.4 Å². The van der Waals surface area contributed by atoms with Gasteiger partial charge in [0, 0.05) is 18.5 Å². The highest BCUT2D eigenvalue weighted by Gasteiger charge is 2.40. The van der Waals surface area contributed by atoms with Gasteiger partial charge in [0.05, 0.1) is 25.8 Å². The van der Waals surface area contributed by atoms with Gasteiger partial charge in [-0.3, -0.25) is 9.52 Å². The Hall–Kier alpha value is -3.12. The number of carbonyl (C=O) groups excluding carboxylic acids is 1. The third-order valence-electron chi connectivity index (χ3n) is 5.63. The van der Waals surface area contributed by atoms with E-state index < -0.39 is 33.4 Å². The van der Waals surface area contributed by atoms with Crippen LogP contribution in [0.2, 0.25) is 0 Å². The number of rotatable bonds is 7. The summed E-state index contributed by atoms with van der Waals surface area (Å²) in [5.74, 6) is -0.405. The van der Waals surface area contributed by atoms with Gasteiger partial charge in [-0.25, -0.2) is 12.8 Å². The molecule has 196 valence electrons. The van der Waals surface area contributed by atoms with E-state index in [1.165, 1.54) is 38.5 Å². The number of halogens is 1. The maximum atomic E-state index is 13.8. The minimum absolute atomic E-state index is 0.0347. The number of fused-ring (bicyclic) bond motifs is 1. The van der Waals surface area contributed by atoms with E-state index in [0.29, 0.717) is 11.3 Å². The van der Waals surface area contributed by atoms with Gasteiger partial charge in [-0.1, -0.05) is 0 Å². The molecule has 2 aromatic rings. The van der Waals surface area contributed by atoms with Crippen LogP contribution in [0.15, 0.2) is 35.2 Å². The Labute approximate surface area is 215 Å². The van der Waals surface area contributed by atoms with Crippen molar-refractivity contribution in [2.75, 3.05) is 14.2 Å². The van der Waals surface area contributed by atoms with Crippen molar-refractivity contribution >= 4 is 33.3 Å². The predicted molar refractivity (Wildman–Crippen MR) is 137 cm³/mol. The molecule has 9 nitrogen and oxygen atoms in total. The zero-order valence-electron chi connectivity index (χ0n) is 20.9. The lowest BCUT2D eigenvalue weighted by Gasteiger charge is -2.40. The fourth-order valence-corrected chi connectivity index (χ4v) is 5.50. The molecule has 0 fully saturated rings. The van der Waals surface area contributed by atoms with Gasteiger partial charge >= 0.3 is 0 Å². The third-order valence-corrected chi connectivity index (χ3v) is 7.35. The first-order valence-corrected chi connectivity index (χ1v) is 13.0. The Bertz CT molecular complexity index is 1280. The lowest BCUT2D eigenvalue weighted by atomic mass is 9.88. The average molecular weight is 540 g/mol. The van der Waals surface area contributed by atoms with E-state index in [-0.39, 0.29) is 39.5 Å². The van der Waals surface area contributed by atoms with Crippen molar-refractivity contribution < 1.29 is 31.8 Å². The zero-order chi connectivity index (χ0) is 26.8. The van der Waals surface area contributed by atoms with Crippen LogP contribution in [0.1, 0.15) is 43.6 Å². The van der Waals surface area contributed by atoms with E-state index in [9.17, 15) is 17.6 Å². The molecule has 0 saturated carbocycles. The molecule has 1 unspecified atom stereocenters. The number of thiocarbonyl (C=S) groups is 1. The van der Waals surface area contributed by atoms with Crippen LogP contribution in [0.3, 0.4) is 0 Å². The predicted octanol–water partition coefficient (Wildman–Crippen LogP) is 2.92. The third kappa shape index (κ3) is 5.98. The van der Waals surface area contributed by atoms with Crippen LogP contribution in [-0.4, -0.2) is 51.3 Å². The molecule has 12 heteroatoms. The lowest BCUT2D eigenvalue weighted by Crippen LogP contribution is -2.55. The van der Waals surface area contributed by atoms with Crippen molar-refractivity contribution in [3.8, 4) is 17.2 Å². The second-order valence-electron chi connectivity index (χ2n) is 9.12. The van der Waals surface area contributed by atoms with Crippen molar-refractivity contribution in [3.63, 3.8) is 0 Å². The summed E-state index contributed by atoms with van der Waals surface area (Å²) in [6, 6.07) is 5.95. The Morgan fingerprint density at radius 3 is 2.44 bits per heavy atom. The SMILES string of the molecule is COc1ccc(F)cc1C(=O)NC1Cc2cc(S(=O)(=O)NC(=S)NC(C)C)c(OC)cc2OC1(C)C. The molecule has 3 rings (SSSR count). The molecule has 36 heavy (non-hydrogen) atoms. The van der Waals surface area contributed by atoms with Gasteiger partial charge in [-0.15, -0.1) is 0 Å². The smallest absolute Gasteiger partial charge is 0.267 e. The van der Waals surface area contributed by atoms with Crippen molar-refractivity contribution in [2.24, 2.45) is 0 Å². The maximum absolute atomic E-state index is 13.8. The highest BCUT2D eigenvalue weighted by Crippen LogP contribution is 2.39. The molecule has 1 aliphatic heterocycles. The number of carbonyl (C=O) groups is 1. The van der Waals surface area contributed by atoms with Crippen LogP contribution < -0.4 is 29.6 Å². The number of amides is 1. The summed E-state index contributed by atoms with van der Waals surface area (Å²) >= 11 is 5.10. The quantitative estimate of drug-likeness (QED) is 0.460. The molecule has 1 aliphatic rings. The first-order chi connectivity index (χ1) is 16.8. The first kappa shape index (κ1) is 27.5. The molecule has 0 saturated heterocycles. The minimum Gasteiger partial charge on any atom is -0.496 e. The second kappa shape index (κ2) is 10.5. The molecular weight excluding hydrogens is 509 g/mol. The molecule has 3 N–H and O–H groups in total. The Kier molecular flexibility index (Phi) is 7.99. The van der Waals surface area contributed by atoms with Crippen molar-refractivity contribution in [2.45, 2.75) is 56.7 Å². The number of hydrogen-bond acceptors (Lipinski definition) is 7. The molecule has 1 heterocycles. The number of nitrogens with one attached hydrogen (secondary N) is 3. The van der Waals surface area contributed by atoms with Gasteiger partial charge in [0.2, 0.25) is 0 Å². The molecule has 0 radical (unpaired) electrons. The highest BCUT2D eigenvalue weighted by atomic mass is 32.2. The van der Waals surface area contributed by atoms with E-state index in [0.717, 1.165) is 6.07 Å². The van der Waals surface area contributed by atoms with Gasteiger partial charge in [-0.05, 0) is 69.7 Å². The van der Waals surface area contributed by atoms with E-state index in [1.807, 2.05) is 13.8 Å². The van der Waals surface area contributed by atoms with E-state index in [2.05, 4.69) is 15.4 Å². The number of sulfonamides is 1. The molecule has 2 aromatic carbocycles. The largest absolute Gasteiger partial charge is 0.496 e. The van der Waals surface area contributed by atoms with Crippen LogP contribution in [0.5, 0.6) is 17.2 Å². The zero-order valence-corrected chi connectivity index (χ0v) is 22.5. The fraction of sp³-hybridized carbons (Fsp3) is 0.417. The van der Waals surface area contributed by atoms with Crippen LogP contribution >= 0.6 is 12.2 Å².